The summed E-state index contributed by atoms with van der Waals surface area (Å²) in [5.41, 5.74) is 1.94. The van der Waals surface area contributed by atoms with E-state index in [1.165, 1.54) is 0 Å². The minimum Gasteiger partial charge on any atom is -0.423 e. The van der Waals surface area contributed by atoms with Gasteiger partial charge in [0.25, 0.3) is 0 Å². The predicted octanol–water partition coefficient (Wildman–Crippen LogP) is 0.667. The Hall–Kier alpha value is -0.315. The number of fused-ring (bicyclic) bond motifs is 1. The highest BCUT2D eigenvalue weighted by Crippen LogP contribution is 2.15. The zero-order chi connectivity index (χ0) is 7.84. The fourth-order valence-corrected chi connectivity index (χ4v) is 1.61. The van der Waals surface area contributed by atoms with Gasteiger partial charge in [-0.15, -0.1) is 0 Å². The lowest BCUT2D eigenvalue weighted by Crippen LogP contribution is -2.27. The van der Waals surface area contributed by atoms with Crippen molar-refractivity contribution in [2.75, 3.05) is 0 Å². The van der Waals surface area contributed by atoms with E-state index in [-0.39, 0.29) is 0 Å². The Morgan fingerprint density at radius 1 is 1.55 bits per heavy atom. The van der Waals surface area contributed by atoms with E-state index in [1.54, 1.807) is 0 Å². The van der Waals surface area contributed by atoms with E-state index in [0.29, 0.717) is 6.61 Å². The summed E-state index contributed by atoms with van der Waals surface area (Å²) in [7, 11) is -0.724. The highest BCUT2D eigenvalue weighted by Gasteiger charge is 2.26. The molecule has 0 radical (unpaired) electrons. The maximum absolute atomic E-state index is 9.23. The van der Waals surface area contributed by atoms with E-state index in [1.807, 2.05) is 18.2 Å². The fraction of sp³-hybridized carbons (Fsp3) is 0.143. The van der Waals surface area contributed by atoms with Crippen LogP contribution < -0.4 is 5.46 Å². The van der Waals surface area contributed by atoms with Crippen LogP contribution in [0.1, 0.15) is 5.56 Å². The first kappa shape index (κ1) is 7.34. The van der Waals surface area contributed by atoms with Crippen molar-refractivity contribution in [1.82, 2.24) is 0 Å². The Balaban J connectivity index is 2.50. The Labute approximate surface area is 73.5 Å². The molecule has 0 aliphatic carbocycles. The molecular formula is C7H6BBrO2. The number of hydrogen-bond acceptors (Lipinski definition) is 2. The van der Waals surface area contributed by atoms with Crippen LogP contribution >= 0.6 is 15.9 Å². The van der Waals surface area contributed by atoms with Gasteiger partial charge in [0.1, 0.15) is 0 Å². The Bertz CT molecular complexity index is 290. The first-order valence-corrected chi connectivity index (χ1v) is 4.14. The molecule has 0 unspecified atom stereocenters. The summed E-state index contributed by atoms with van der Waals surface area (Å²) >= 11 is 3.35. The summed E-state index contributed by atoms with van der Waals surface area (Å²) in [6, 6.07) is 5.74. The second-order valence-electron chi connectivity index (χ2n) is 2.51. The first-order chi connectivity index (χ1) is 5.27. The molecule has 1 aliphatic rings. The molecule has 0 bridgehead atoms. The van der Waals surface area contributed by atoms with E-state index in [2.05, 4.69) is 15.9 Å². The summed E-state index contributed by atoms with van der Waals surface area (Å²) < 4.78 is 6.04. The van der Waals surface area contributed by atoms with Crippen molar-refractivity contribution >= 4 is 28.5 Å². The summed E-state index contributed by atoms with van der Waals surface area (Å²) in [5.74, 6) is 0. The second kappa shape index (κ2) is 2.62. The van der Waals surface area contributed by atoms with Crippen LogP contribution in [0.3, 0.4) is 0 Å². The second-order valence-corrected chi connectivity index (χ2v) is 3.42. The van der Waals surface area contributed by atoms with Gasteiger partial charge in [-0.2, -0.15) is 0 Å². The normalized spacial score (nSPS) is 15.3. The number of benzene rings is 1. The SMILES string of the molecule is OB1OCc2cc(Br)ccc21. The lowest BCUT2D eigenvalue weighted by molar-refractivity contribution is 0.275. The van der Waals surface area contributed by atoms with Crippen molar-refractivity contribution in [3.05, 3.63) is 28.2 Å². The van der Waals surface area contributed by atoms with Crippen molar-refractivity contribution in [1.29, 1.82) is 0 Å². The maximum atomic E-state index is 9.23. The smallest absolute Gasteiger partial charge is 0.423 e. The quantitative estimate of drug-likeness (QED) is 0.641. The van der Waals surface area contributed by atoms with Crippen molar-refractivity contribution < 1.29 is 9.68 Å². The molecule has 1 aromatic rings. The molecule has 0 amide bonds. The molecule has 0 aromatic heterocycles. The van der Waals surface area contributed by atoms with Crippen molar-refractivity contribution in [2.45, 2.75) is 6.61 Å². The molecule has 0 fully saturated rings. The zero-order valence-electron chi connectivity index (χ0n) is 5.75. The van der Waals surface area contributed by atoms with E-state index in [0.717, 1.165) is 15.5 Å². The molecular weight excluding hydrogens is 207 g/mol. The summed E-state index contributed by atoms with van der Waals surface area (Å²) in [6.07, 6.45) is 0. The van der Waals surface area contributed by atoms with E-state index in [9.17, 15) is 5.02 Å². The minimum absolute atomic E-state index is 0.510. The molecule has 0 atom stereocenters. The molecule has 1 heterocycles. The van der Waals surface area contributed by atoms with Gasteiger partial charge in [-0.1, -0.05) is 22.0 Å². The molecule has 2 nitrogen and oxygen atoms in total. The first-order valence-electron chi connectivity index (χ1n) is 3.35. The van der Waals surface area contributed by atoms with Crippen molar-refractivity contribution in [3.8, 4) is 0 Å². The standard InChI is InChI=1S/C7H6BBrO2/c9-6-1-2-7-5(3-6)4-11-8(7)10/h1-3,10H,4H2. The van der Waals surface area contributed by atoms with Crippen molar-refractivity contribution in [3.63, 3.8) is 0 Å². The van der Waals surface area contributed by atoms with Crippen LogP contribution in [0.15, 0.2) is 22.7 Å². The largest absolute Gasteiger partial charge is 0.491 e. The molecule has 1 N–H and O–H groups in total. The Kier molecular flexibility index (Phi) is 1.75. The van der Waals surface area contributed by atoms with Crippen LogP contribution in [0.2, 0.25) is 0 Å². The molecule has 11 heavy (non-hydrogen) atoms. The van der Waals surface area contributed by atoms with Gasteiger partial charge in [0.05, 0.1) is 6.61 Å². The topological polar surface area (TPSA) is 29.5 Å². The summed E-state index contributed by atoms with van der Waals surface area (Å²) in [5, 5.41) is 9.23. The van der Waals surface area contributed by atoms with Crippen LogP contribution in [0.25, 0.3) is 0 Å². The van der Waals surface area contributed by atoms with Gasteiger partial charge < -0.3 is 9.68 Å². The summed E-state index contributed by atoms with van der Waals surface area (Å²) in [4.78, 5) is 0. The molecule has 0 saturated heterocycles. The fourth-order valence-electron chi connectivity index (χ4n) is 1.20. The third kappa shape index (κ3) is 1.22. The molecule has 4 heteroatoms. The Morgan fingerprint density at radius 3 is 3.18 bits per heavy atom. The lowest BCUT2D eigenvalue weighted by atomic mass is 9.80. The van der Waals surface area contributed by atoms with Gasteiger partial charge in [0.15, 0.2) is 0 Å². The predicted molar refractivity (Wildman–Crippen MR) is 46.5 cm³/mol. The summed E-state index contributed by atoms with van der Waals surface area (Å²) in [6.45, 7) is 0.510. The monoisotopic (exact) mass is 212 g/mol. The van der Waals surface area contributed by atoms with E-state index in [4.69, 9.17) is 4.65 Å². The van der Waals surface area contributed by atoms with E-state index >= 15 is 0 Å². The number of rotatable bonds is 0. The van der Waals surface area contributed by atoms with Crippen LogP contribution in [-0.2, 0) is 11.3 Å². The van der Waals surface area contributed by atoms with Gasteiger partial charge in [-0.3, -0.25) is 0 Å². The van der Waals surface area contributed by atoms with E-state index < -0.39 is 7.12 Å². The minimum atomic E-state index is -0.724. The average molecular weight is 213 g/mol. The van der Waals surface area contributed by atoms with Crippen molar-refractivity contribution in [2.24, 2.45) is 0 Å². The molecule has 0 saturated carbocycles. The Morgan fingerprint density at radius 2 is 2.36 bits per heavy atom. The lowest BCUT2D eigenvalue weighted by Gasteiger charge is -1.96. The van der Waals surface area contributed by atoms with Crippen LogP contribution in [0, 0.1) is 0 Å². The van der Waals surface area contributed by atoms with Gasteiger partial charge in [-0.25, -0.2) is 0 Å². The van der Waals surface area contributed by atoms with Crippen LogP contribution in [0.4, 0.5) is 0 Å². The van der Waals surface area contributed by atoms with Gasteiger partial charge >= 0.3 is 7.12 Å². The third-order valence-corrected chi connectivity index (χ3v) is 2.26. The molecule has 1 aromatic carbocycles. The molecule has 56 valence electrons. The van der Waals surface area contributed by atoms with Gasteiger partial charge in [0.2, 0.25) is 0 Å². The number of halogens is 1. The molecule has 1 aliphatic heterocycles. The van der Waals surface area contributed by atoms with Gasteiger partial charge in [-0.05, 0) is 23.2 Å². The molecule has 2 rings (SSSR count). The van der Waals surface area contributed by atoms with Crippen LogP contribution in [-0.4, -0.2) is 12.1 Å². The molecule has 0 spiro atoms. The average Bonchev–Trinajstić information content (AvgIpc) is 2.32. The van der Waals surface area contributed by atoms with Gasteiger partial charge in [0, 0.05) is 4.47 Å². The third-order valence-electron chi connectivity index (χ3n) is 1.77. The highest BCUT2D eigenvalue weighted by molar-refractivity contribution is 9.10. The highest BCUT2D eigenvalue weighted by atomic mass is 79.9. The zero-order valence-corrected chi connectivity index (χ0v) is 7.34. The number of hydrogen-bond donors (Lipinski definition) is 1. The van der Waals surface area contributed by atoms with Crippen LogP contribution in [0.5, 0.6) is 0 Å². The maximum Gasteiger partial charge on any atom is 0.491 e.